The minimum atomic E-state index is -0.481. The number of aliphatic hydroxyl groups excluding tert-OH is 1. The van der Waals surface area contributed by atoms with Crippen molar-refractivity contribution in [2.75, 3.05) is 18.5 Å². The van der Waals surface area contributed by atoms with Gasteiger partial charge in [0.15, 0.2) is 11.6 Å². The number of rotatable bonds is 4. The predicted octanol–water partition coefficient (Wildman–Crippen LogP) is 1.67. The van der Waals surface area contributed by atoms with Crippen molar-refractivity contribution in [3.05, 3.63) is 23.1 Å². The molecular weight excluding hydrogens is 195 g/mol. The van der Waals surface area contributed by atoms with Gasteiger partial charge in [0, 0.05) is 19.3 Å². The van der Waals surface area contributed by atoms with Gasteiger partial charge in [-0.15, -0.1) is 0 Å². The van der Waals surface area contributed by atoms with Crippen LogP contribution in [-0.2, 0) is 0 Å². The van der Waals surface area contributed by atoms with Crippen LogP contribution in [0.15, 0.2) is 12.3 Å². The maximum Gasteiger partial charge on any atom is 0.166 e. The molecule has 5 heteroatoms. The van der Waals surface area contributed by atoms with E-state index < -0.39 is 5.82 Å². The lowest BCUT2D eigenvalue weighted by atomic mass is 10.4. The fourth-order valence-corrected chi connectivity index (χ4v) is 0.975. The molecule has 0 radical (unpaired) electrons. The van der Waals surface area contributed by atoms with Gasteiger partial charge in [0.1, 0.15) is 0 Å². The Kier molecular flexibility index (Phi) is 3.92. The second kappa shape index (κ2) is 4.99. The highest BCUT2D eigenvalue weighted by Gasteiger charge is 2.02. The predicted molar refractivity (Wildman–Crippen MR) is 49.4 cm³/mol. The first-order chi connectivity index (χ1) is 6.24. The highest BCUT2D eigenvalue weighted by Crippen LogP contribution is 2.14. The molecule has 1 aromatic heterocycles. The average molecular weight is 205 g/mol. The Hall–Kier alpha value is -0.870. The van der Waals surface area contributed by atoms with Gasteiger partial charge in [-0.25, -0.2) is 9.37 Å². The summed E-state index contributed by atoms with van der Waals surface area (Å²) in [4.78, 5) is 3.75. The molecule has 0 aliphatic rings. The minimum Gasteiger partial charge on any atom is -0.396 e. The molecule has 0 amide bonds. The average Bonchev–Trinajstić information content (AvgIpc) is 2.09. The Labute approximate surface area is 80.6 Å². The monoisotopic (exact) mass is 204 g/mol. The Morgan fingerprint density at radius 3 is 3.00 bits per heavy atom. The van der Waals surface area contributed by atoms with Crippen LogP contribution in [0.1, 0.15) is 6.42 Å². The summed E-state index contributed by atoms with van der Waals surface area (Å²) in [6.07, 6.45) is 1.93. The van der Waals surface area contributed by atoms with Crippen LogP contribution in [0.4, 0.5) is 10.2 Å². The van der Waals surface area contributed by atoms with Gasteiger partial charge in [-0.2, -0.15) is 0 Å². The lowest BCUT2D eigenvalue weighted by Gasteiger charge is -2.04. The smallest absolute Gasteiger partial charge is 0.166 e. The number of aromatic nitrogens is 1. The molecule has 0 aliphatic heterocycles. The number of halogens is 2. The Morgan fingerprint density at radius 2 is 2.38 bits per heavy atom. The van der Waals surface area contributed by atoms with Crippen LogP contribution in [0, 0.1) is 5.82 Å². The quantitative estimate of drug-likeness (QED) is 0.734. The van der Waals surface area contributed by atoms with Gasteiger partial charge >= 0.3 is 0 Å². The molecule has 1 aromatic rings. The first kappa shape index (κ1) is 10.2. The summed E-state index contributed by atoms with van der Waals surface area (Å²) in [5, 5.41) is 11.5. The molecule has 0 saturated heterocycles. The highest BCUT2D eigenvalue weighted by molar-refractivity contribution is 6.30. The molecule has 0 atom stereocenters. The summed E-state index contributed by atoms with van der Waals surface area (Å²) in [6, 6.07) is 1.19. The zero-order valence-electron chi connectivity index (χ0n) is 6.93. The minimum absolute atomic E-state index is 0.0716. The lowest BCUT2D eigenvalue weighted by molar-refractivity contribution is 0.292. The lowest BCUT2D eigenvalue weighted by Crippen LogP contribution is -2.06. The van der Waals surface area contributed by atoms with E-state index in [1.54, 1.807) is 0 Å². The van der Waals surface area contributed by atoms with E-state index in [1.165, 1.54) is 12.3 Å². The standard InChI is InChI=1S/C8H10ClFN2O/c9-6-4-7(10)8(12-5-6)11-2-1-3-13/h4-5,13H,1-3H2,(H,11,12). The molecule has 0 aliphatic carbocycles. The van der Waals surface area contributed by atoms with E-state index in [9.17, 15) is 4.39 Å². The summed E-state index contributed by atoms with van der Waals surface area (Å²) < 4.78 is 13.0. The maximum absolute atomic E-state index is 13.0. The number of nitrogens with zero attached hydrogens (tertiary/aromatic N) is 1. The maximum atomic E-state index is 13.0. The number of anilines is 1. The van der Waals surface area contributed by atoms with Gasteiger partial charge in [-0.05, 0) is 12.5 Å². The van der Waals surface area contributed by atoms with Gasteiger partial charge in [0.25, 0.3) is 0 Å². The molecule has 0 saturated carbocycles. The fraction of sp³-hybridized carbons (Fsp3) is 0.375. The van der Waals surface area contributed by atoms with Crippen molar-refractivity contribution in [2.24, 2.45) is 0 Å². The third-order valence-electron chi connectivity index (χ3n) is 1.44. The van der Waals surface area contributed by atoms with Crippen LogP contribution in [0.3, 0.4) is 0 Å². The number of pyridine rings is 1. The number of aliphatic hydroxyl groups is 1. The summed E-state index contributed by atoms with van der Waals surface area (Å²) in [5.41, 5.74) is 0. The summed E-state index contributed by atoms with van der Waals surface area (Å²) >= 11 is 5.51. The molecule has 1 rings (SSSR count). The van der Waals surface area contributed by atoms with Crippen molar-refractivity contribution in [3.8, 4) is 0 Å². The van der Waals surface area contributed by atoms with Gasteiger partial charge in [0.2, 0.25) is 0 Å². The molecule has 0 spiro atoms. The van der Waals surface area contributed by atoms with E-state index >= 15 is 0 Å². The second-order valence-corrected chi connectivity index (χ2v) is 2.92. The second-order valence-electron chi connectivity index (χ2n) is 2.49. The Bertz CT molecular complexity index is 283. The Balaban J connectivity index is 2.56. The van der Waals surface area contributed by atoms with Crippen LogP contribution in [0.2, 0.25) is 5.02 Å². The molecular formula is C8H10ClFN2O. The Morgan fingerprint density at radius 1 is 1.62 bits per heavy atom. The molecule has 13 heavy (non-hydrogen) atoms. The molecule has 1 heterocycles. The molecule has 0 unspecified atom stereocenters. The van der Waals surface area contributed by atoms with E-state index in [4.69, 9.17) is 16.7 Å². The van der Waals surface area contributed by atoms with Crippen LogP contribution in [-0.4, -0.2) is 23.2 Å². The third kappa shape index (κ3) is 3.16. The number of nitrogens with one attached hydrogen (secondary N) is 1. The van der Waals surface area contributed by atoms with Gasteiger partial charge in [-0.3, -0.25) is 0 Å². The first-order valence-corrected chi connectivity index (χ1v) is 4.27. The SMILES string of the molecule is OCCCNc1ncc(Cl)cc1F. The van der Waals surface area contributed by atoms with Crippen molar-refractivity contribution < 1.29 is 9.50 Å². The molecule has 0 fully saturated rings. The van der Waals surface area contributed by atoms with E-state index in [-0.39, 0.29) is 17.4 Å². The third-order valence-corrected chi connectivity index (χ3v) is 1.64. The van der Waals surface area contributed by atoms with Gasteiger partial charge < -0.3 is 10.4 Å². The van der Waals surface area contributed by atoms with Crippen LogP contribution >= 0.6 is 11.6 Å². The van der Waals surface area contributed by atoms with E-state index in [0.717, 1.165) is 0 Å². The van der Waals surface area contributed by atoms with Crippen molar-refractivity contribution in [1.29, 1.82) is 0 Å². The highest BCUT2D eigenvalue weighted by atomic mass is 35.5. The normalized spacial score (nSPS) is 10.1. The molecule has 0 bridgehead atoms. The largest absolute Gasteiger partial charge is 0.396 e. The van der Waals surface area contributed by atoms with Crippen molar-refractivity contribution in [1.82, 2.24) is 4.98 Å². The van der Waals surface area contributed by atoms with E-state index in [1.807, 2.05) is 0 Å². The summed E-state index contributed by atoms with van der Waals surface area (Å²) in [6.45, 7) is 0.560. The molecule has 72 valence electrons. The number of hydrogen-bond donors (Lipinski definition) is 2. The topological polar surface area (TPSA) is 45.1 Å². The van der Waals surface area contributed by atoms with Crippen LogP contribution < -0.4 is 5.32 Å². The summed E-state index contributed by atoms with van der Waals surface area (Å²) in [5.74, 6) is -0.316. The van der Waals surface area contributed by atoms with Crippen molar-refractivity contribution in [2.45, 2.75) is 6.42 Å². The zero-order chi connectivity index (χ0) is 9.68. The van der Waals surface area contributed by atoms with Crippen LogP contribution in [0.5, 0.6) is 0 Å². The van der Waals surface area contributed by atoms with E-state index in [0.29, 0.717) is 13.0 Å². The number of hydrogen-bond acceptors (Lipinski definition) is 3. The zero-order valence-corrected chi connectivity index (χ0v) is 7.68. The van der Waals surface area contributed by atoms with Crippen molar-refractivity contribution >= 4 is 17.4 Å². The summed E-state index contributed by atoms with van der Waals surface area (Å²) in [7, 11) is 0. The molecule has 3 nitrogen and oxygen atoms in total. The van der Waals surface area contributed by atoms with Crippen molar-refractivity contribution in [3.63, 3.8) is 0 Å². The van der Waals surface area contributed by atoms with Gasteiger partial charge in [-0.1, -0.05) is 11.6 Å². The fourth-order valence-electron chi connectivity index (χ4n) is 0.830. The first-order valence-electron chi connectivity index (χ1n) is 3.90. The molecule has 0 aromatic carbocycles. The van der Waals surface area contributed by atoms with E-state index in [2.05, 4.69) is 10.3 Å². The van der Waals surface area contributed by atoms with Crippen LogP contribution in [0.25, 0.3) is 0 Å². The van der Waals surface area contributed by atoms with Gasteiger partial charge in [0.05, 0.1) is 5.02 Å². The molecule has 2 N–H and O–H groups in total.